The van der Waals surface area contributed by atoms with Crippen LogP contribution in [0.1, 0.15) is 83.6 Å². The molecule has 0 spiro atoms. The smallest absolute Gasteiger partial charge is 0.254 e. The summed E-state index contributed by atoms with van der Waals surface area (Å²) in [6.45, 7) is 6.71. The van der Waals surface area contributed by atoms with Crippen LogP contribution in [-0.2, 0) is 13.0 Å². The number of fused-ring (bicyclic) bond motifs is 1. The number of likely N-dealkylation sites (tertiary alicyclic amines) is 1. The summed E-state index contributed by atoms with van der Waals surface area (Å²) in [4.78, 5) is 16.2. The molecule has 2 heterocycles. The van der Waals surface area contributed by atoms with Crippen molar-refractivity contribution in [1.29, 1.82) is 5.41 Å². The number of nitrogens with zero attached hydrogens (tertiary/aromatic N) is 2. The van der Waals surface area contributed by atoms with E-state index in [9.17, 15) is 4.79 Å². The van der Waals surface area contributed by atoms with Crippen LogP contribution in [-0.4, -0.2) is 33.9 Å². The Hall–Kier alpha value is -2.14. The predicted octanol–water partition coefficient (Wildman–Crippen LogP) is 5.72. The predicted molar refractivity (Wildman–Crippen MR) is 143 cm³/mol. The van der Waals surface area contributed by atoms with Crippen molar-refractivity contribution in [3.8, 4) is 0 Å². The second kappa shape index (κ2) is 11.5. The monoisotopic (exact) mass is 464 g/mol. The lowest BCUT2D eigenvalue weighted by molar-refractivity contribution is 0.101. The molecule has 2 aliphatic rings. The number of unbranched alkanes of at least 4 members (excludes halogenated alkanes) is 2. The van der Waals surface area contributed by atoms with Gasteiger partial charge in [-0.05, 0) is 88.8 Å². The Morgan fingerprint density at radius 1 is 1.00 bits per heavy atom. The normalized spacial score (nSPS) is 26.1. The molecule has 186 valence electrons. The molecule has 4 atom stereocenters. The van der Waals surface area contributed by atoms with Crippen molar-refractivity contribution in [1.82, 2.24) is 9.47 Å². The number of benzene rings is 1. The minimum Gasteiger partial charge on any atom is -0.387 e. The first kappa shape index (κ1) is 25.0. The highest BCUT2D eigenvalue weighted by atomic mass is 16.1. The van der Waals surface area contributed by atoms with Crippen LogP contribution in [0.3, 0.4) is 0 Å². The number of nitrogens with one attached hydrogen (secondary N) is 1. The lowest BCUT2D eigenvalue weighted by atomic mass is 9.78. The third-order valence-electron chi connectivity index (χ3n) is 8.48. The van der Waals surface area contributed by atoms with Crippen molar-refractivity contribution in [3.63, 3.8) is 0 Å². The first-order chi connectivity index (χ1) is 16.4. The average molecular weight is 465 g/mol. The Morgan fingerprint density at radius 3 is 2.47 bits per heavy atom. The first-order valence-corrected chi connectivity index (χ1v) is 13.6. The highest BCUT2D eigenvalue weighted by Crippen LogP contribution is 2.31. The second-order valence-corrected chi connectivity index (χ2v) is 11.0. The van der Waals surface area contributed by atoms with Gasteiger partial charge in [-0.2, -0.15) is 0 Å². The molecule has 0 radical (unpaired) electrons. The van der Waals surface area contributed by atoms with Gasteiger partial charge in [0.15, 0.2) is 0 Å². The molecular weight excluding hydrogens is 420 g/mol. The lowest BCUT2D eigenvalue weighted by Gasteiger charge is -2.39. The molecule has 2 unspecified atom stereocenters. The number of amidine groups is 1. The summed E-state index contributed by atoms with van der Waals surface area (Å²) in [6.07, 6.45) is 12.4. The SMILES string of the molecule is C[C@@H]1CCC[C@H](C)N1CCCCCn1c(=O)c(CC2CCCC(C(=N)N)C2)cc2ccccc21. The largest absolute Gasteiger partial charge is 0.387 e. The van der Waals surface area contributed by atoms with Gasteiger partial charge in [0.1, 0.15) is 0 Å². The molecule has 2 aromatic rings. The van der Waals surface area contributed by atoms with Crippen LogP contribution < -0.4 is 11.3 Å². The number of piperidine rings is 1. The summed E-state index contributed by atoms with van der Waals surface area (Å²) in [5, 5.41) is 9.01. The standard InChI is InChI=1S/C29H44N4O/c1-21-10-8-11-22(2)32(21)16-6-3-7-17-33-27-15-5-4-13-24(27)20-26(29(33)34)19-23-12-9-14-25(18-23)28(30)31/h4-5,13,15,20-23,25H,3,6-12,14,16-19H2,1-2H3,(H3,30,31)/t21-,22+,23?,25?. The molecular formula is C29H44N4O. The van der Waals surface area contributed by atoms with Gasteiger partial charge < -0.3 is 10.3 Å². The zero-order valence-corrected chi connectivity index (χ0v) is 21.3. The molecule has 5 nitrogen and oxygen atoms in total. The molecule has 1 saturated carbocycles. The zero-order chi connectivity index (χ0) is 24.1. The number of aryl methyl sites for hydroxylation is 1. The van der Waals surface area contributed by atoms with Gasteiger partial charge in [0, 0.05) is 30.1 Å². The van der Waals surface area contributed by atoms with Crippen LogP contribution in [0.4, 0.5) is 0 Å². The molecule has 1 aliphatic carbocycles. The Bertz CT molecular complexity index is 1020. The van der Waals surface area contributed by atoms with E-state index in [0.717, 1.165) is 68.0 Å². The van der Waals surface area contributed by atoms with Crippen LogP contribution >= 0.6 is 0 Å². The van der Waals surface area contributed by atoms with Crippen molar-refractivity contribution in [2.24, 2.45) is 17.6 Å². The molecule has 1 aliphatic heterocycles. The Morgan fingerprint density at radius 2 is 1.71 bits per heavy atom. The molecule has 2 fully saturated rings. The highest BCUT2D eigenvalue weighted by Gasteiger charge is 2.26. The van der Waals surface area contributed by atoms with Crippen molar-refractivity contribution in [2.45, 2.75) is 103 Å². The average Bonchev–Trinajstić information content (AvgIpc) is 2.82. The van der Waals surface area contributed by atoms with Crippen molar-refractivity contribution >= 4 is 16.7 Å². The molecule has 0 bridgehead atoms. The van der Waals surface area contributed by atoms with Crippen LogP contribution in [0.25, 0.3) is 10.9 Å². The maximum Gasteiger partial charge on any atom is 0.254 e. The first-order valence-electron chi connectivity index (χ1n) is 13.6. The third kappa shape index (κ3) is 5.91. The van der Waals surface area contributed by atoms with E-state index < -0.39 is 0 Å². The fourth-order valence-corrected chi connectivity index (χ4v) is 6.48. The van der Waals surface area contributed by atoms with Gasteiger partial charge in [-0.1, -0.05) is 43.9 Å². The Kier molecular flexibility index (Phi) is 8.46. The maximum absolute atomic E-state index is 13.6. The van der Waals surface area contributed by atoms with Crippen LogP contribution in [0.5, 0.6) is 0 Å². The van der Waals surface area contributed by atoms with Gasteiger partial charge in [-0.25, -0.2) is 0 Å². The molecule has 1 aromatic carbocycles. The summed E-state index contributed by atoms with van der Waals surface area (Å²) in [5.74, 6) is 0.944. The minimum absolute atomic E-state index is 0.182. The van der Waals surface area contributed by atoms with E-state index in [0.29, 0.717) is 23.8 Å². The number of pyridine rings is 1. The molecule has 34 heavy (non-hydrogen) atoms. The van der Waals surface area contributed by atoms with E-state index in [1.54, 1.807) is 0 Å². The van der Waals surface area contributed by atoms with Gasteiger partial charge in [0.2, 0.25) is 0 Å². The summed E-state index contributed by atoms with van der Waals surface area (Å²) in [5.41, 5.74) is 7.98. The molecule has 3 N–H and O–H groups in total. The summed E-state index contributed by atoms with van der Waals surface area (Å²) < 4.78 is 2.03. The van der Waals surface area contributed by atoms with E-state index in [1.165, 1.54) is 32.2 Å². The molecule has 0 amide bonds. The molecule has 5 heteroatoms. The zero-order valence-electron chi connectivity index (χ0n) is 21.3. The fourth-order valence-electron chi connectivity index (χ4n) is 6.48. The molecule has 1 saturated heterocycles. The highest BCUT2D eigenvalue weighted by molar-refractivity contribution is 5.80. The number of nitrogens with two attached hydrogens (primary N) is 1. The summed E-state index contributed by atoms with van der Waals surface area (Å²) >= 11 is 0. The number of rotatable bonds is 9. The Labute approximate surface area is 205 Å². The molecule has 4 rings (SSSR count). The van der Waals surface area contributed by atoms with E-state index in [1.807, 2.05) is 10.6 Å². The number of para-hydroxylation sites is 1. The summed E-state index contributed by atoms with van der Waals surface area (Å²) in [6, 6.07) is 11.8. The van der Waals surface area contributed by atoms with Crippen LogP contribution in [0.15, 0.2) is 35.1 Å². The molecule has 1 aromatic heterocycles. The lowest BCUT2D eigenvalue weighted by Crippen LogP contribution is -2.44. The van der Waals surface area contributed by atoms with E-state index in [2.05, 4.69) is 43.0 Å². The van der Waals surface area contributed by atoms with E-state index >= 15 is 0 Å². The van der Waals surface area contributed by atoms with Crippen molar-refractivity contribution < 1.29 is 0 Å². The Balaban J connectivity index is 1.41. The maximum atomic E-state index is 13.6. The van der Waals surface area contributed by atoms with Gasteiger partial charge in [-0.3, -0.25) is 15.1 Å². The number of aromatic nitrogens is 1. The van der Waals surface area contributed by atoms with Crippen molar-refractivity contribution in [3.05, 3.63) is 46.2 Å². The van der Waals surface area contributed by atoms with E-state index in [-0.39, 0.29) is 11.5 Å². The van der Waals surface area contributed by atoms with Gasteiger partial charge >= 0.3 is 0 Å². The third-order valence-corrected chi connectivity index (χ3v) is 8.48. The minimum atomic E-state index is 0.182. The van der Waals surface area contributed by atoms with Gasteiger partial charge in [0.25, 0.3) is 5.56 Å². The van der Waals surface area contributed by atoms with E-state index in [4.69, 9.17) is 11.1 Å². The van der Waals surface area contributed by atoms with Crippen LogP contribution in [0, 0.1) is 17.2 Å². The second-order valence-electron chi connectivity index (χ2n) is 11.0. The summed E-state index contributed by atoms with van der Waals surface area (Å²) in [7, 11) is 0. The van der Waals surface area contributed by atoms with Crippen LogP contribution in [0.2, 0.25) is 0 Å². The number of hydrogen-bond acceptors (Lipinski definition) is 3. The van der Waals surface area contributed by atoms with Gasteiger partial charge in [-0.15, -0.1) is 0 Å². The van der Waals surface area contributed by atoms with Gasteiger partial charge in [0.05, 0.1) is 11.4 Å². The quantitative estimate of drug-likeness (QED) is 0.283. The van der Waals surface area contributed by atoms with Crippen molar-refractivity contribution in [2.75, 3.05) is 6.54 Å². The topological polar surface area (TPSA) is 75.1 Å². The number of hydrogen-bond donors (Lipinski definition) is 2. The fraction of sp³-hybridized carbons (Fsp3) is 0.655.